The highest BCUT2D eigenvalue weighted by atomic mass is 32.1. The Balaban J connectivity index is 1.99. The number of aryl methyl sites for hydroxylation is 1. The highest BCUT2D eigenvalue weighted by molar-refractivity contribution is 7.12. The Labute approximate surface area is 124 Å². The minimum absolute atomic E-state index is 0.138. The molecule has 3 rings (SSSR count). The molecule has 0 fully saturated rings. The second-order valence-electron chi connectivity index (χ2n) is 4.63. The number of fused-ring (bicyclic) bond motifs is 1. The van der Waals surface area contributed by atoms with Crippen LogP contribution in [-0.2, 0) is 0 Å². The third-order valence-corrected chi connectivity index (χ3v) is 4.33. The number of carboxylic acid groups (broad SMARTS) is 1. The first kappa shape index (κ1) is 13.4. The number of hydrogen-bond acceptors (Lipinski definition) is 3. The standard InChI is InChI=1S/C15H12N2O3S/c1-8-7-21-13(15(19)20)11(8)17-14(18)10-4-2-3-9-5-6-16-12(9)10/h2-7,16H,1H3,(H,17,18)(H,19,20). The molecule has 1 aromatic carbocycles. The van der Waals surface area contributed by atoms with Gasteiger partial charge in [-0.05, 0) is 30.0 Å². The summed E-state index contributed by atoms with van der Waals surface area (Å²) in [5, 5.41) is 14.5. The van der Waals surface area contributed by atoms with Crippen LogP contribution < -0.4 is 5.32 Å². The first-order valence-electron chi connectivity index (χ1n) is 6.27. The quantitative estimate of drug-likeness (QED) is 0.692. The van der Waals surface area contributed by atoms with E-state index in [-0.39, 0.29) is 10.8 Å². The summed E-state index contributed by atoms with van der Waals surface area (Å²) in [5.74, 6) is -1.37. The Kier molecular flexibility index (Phi) is 3.23. The lowest BCUT2D eigenvalue weighted by Gasteiger charge is -2.07. The van der Waals surface area contributed by atoms with Crippen LogP contribution in [0.1, 0.15) is 25.6 Å². The fourth-order valence-corrected chi connectivity index (χ4v) is 3.06. The monoisotopic (exact) mass is 300 g/mol. The number of nitrogens with one attached hydrogen (secondary N) is 2. The Bertz CT molecular complexity index is 848. The fourth-order valence-electron chi connectivity index (χ4n) is 2.21. The van der Waals surface area contributed by atoms with Gasteiger partial charge in [0.05, 0.1) is 16.8 Å². The maximum absolute atomic E-state index is 12.4. The number of carbonyl (C=O) groups is 2. The van der Waals surface area contributed by atoms with Crippen LogP contribution in [0.3, 0.4) is 0 Å². The van der Waals surface area contributed by atoms with Gasteiger partial charge in [0.1, 0.15) is 4.88 Å². The zero-order chi connectivity index (χ0) is 15.0. The summed E-state index contributed by atoms with van der Waals surface area (Å²) in [4.78, 5) is 26.8. The number of rotatable bonds is 3. The van der Waals surface area contributed by atoms with Gasteiger partial charge in [-0.25, -0.2) is 4.79 Å². The number of benzene rings is 1. The number of aromatic nitrogens is 1. The van der Waals surface area contributed by atoms with Crippen molar-refractivity contribution in [2.45, 2.75) is 6.92 Å². The number of hydrogen-bond donors (Lipinski definition) is 3. The lowest BCUT2D eigenvalue weighted by molar-refractivity contribution is 0.0703. The average Bonchev–Trinajstić information content (AvgIpc) is 3.05. The Hall–Kier alpha value is -2.60. The topological polar surface area (TPSA) is 82.2 Å². The van der Waals surface area contributed by atoms with Crippen molar-refractivity contribution in [3.05, 3.63) is 51.8 Å². The first-order chi connectivity index (χ1) is 10.1. The normalized spacial score (nSPS) is 10.7. The van der Waals surface area contributed by atoms with E-state index in [0.717, 1.165) is 27.8 Å². The van der Waals surface area contributed by atoms with Crippen molar-refractivity contribution in [3.8, 4) is 0 Å². The van der Waals surface area contributed by atoms with Gasteiger partial charge >= 0.3 is 5.97 Å². The van der Waals surface area contributed by atoms with Crippen molar-refractivity contribution < 1.29 is 14.7 Å². The molecule has 1 amide bonds. The highest BCUT2D eigenvalue weighted by Crippen LogP contribution is 2.28. The van der Waals surface area contributed by atoms with Crippen LogP contribution in [0, 0.1) is 6.92 Å². The summed E-state index contributed by atoms with van der Waals surface area (Å²) in [6, 6.07) is 7.28. The lowest BCUT2D eigenvalue weighted by Crippen LogP contribution is -2.14. The molecule has 3 N–H and O–H groups in total. The molecule has 0 saturated carbocycles. The molecule has 0 saturated heterocycles. The van der Waals surface area contributed by atoms with Crippen LogP contribution in [0.15, 0.2) is 35.8 Å². The van der Waals surface area contributed by atoms with Crippen molar-refractivity contribution in [2.75, 3.05) is 5.32 Å². The molecule has 2 aromatic heterocycles. The molecular formula is C15H12N2O3S. The number of aromatic amines is 1. The molecule has 0 unspecified atom stereocenters. The molecular weight excluding hydrogens is 288 g/mol. The van der Waals surface area contributed by atoms with Crippen LogP contribution in [-0.4, -0.2) is 22.0 Å². The average molecular weight is 300 g/mol. The molecule has 21 heavy (non-hydrogen) atoms. The van der Waals surface area contributed by atoms with Gasteiger partial charge in [-0.15, -0.1) is 11.3 Å². The maximum Gasteiger partial charge on any atom is 0.348 e. The minimum atomic E-state index is -1.04. The summed E-state index contributed by atoms with van der Waals surface area (Å²) >= 11 is 1.10. The highest BCUT2D eigenvalue weighted by Gasteiger charge is 2.19. The van der Waals surface area contributed by atoms with Crippen LogP contribution >= 0.6 is 11.3 Å². The molecule has 0 spiro atoms. The molecule has 0 aliphatic rings. The second kappa shape index (κ2) is 5.06. The van der Waals surface area contributed by atoms with E-state index in [1.807, 2.05) is 12.1 Å². The van der Waals surface area contributed by atoms with Gasteiger partial charge in [-0.2, -0.15) is 0 Å². The van der Waals surface area contributed by atoms with E-state index in [9.17, 15) is 9.59 Å². The van der Waals surface area contributed by atoms with Crippen molar-refractivity contribution in [1.82, 2.24) is 4.98 Å². The third kappa shape index (κ3) is 2.30. The van der Waals surface area contributed by atoms with Gasteiger partial charge in [0.25, 0.3) is 5.91 Å². The molecule has 106 valence electrons. The van der Waals surface area contributed by atoms with Crippen molar-refractivity contribution in [1.29, 1.82) is 0 Å². The maximum atomic E-state index is 12.4. The second-order valence-corrected chi connectivity index (χ2v) is 5.51. The van der Waals surface area contributed by atoms with Crippen molar-refractivity contribution in [3.63, 3.8) is 0 Å². The van der Waals surface area contributed by atoms with E-state index in [1.54, 1.807) is 30.6 Å². The molecule has 3 aromatic rings. The molecule has 0 radical (unpaired) electrons. The van der Waals surface area contributed by atoms with Crippen molar-refractivity contribution in [2.24, 2.45) is 0 Å². The van der Waals surface area contributed by atoms with Gasteiger partial charge in [-0.1, -0.05) is 12.1 Å². The Morgan fingerprint density at radius 1 is 1.29 bits per heavy atom. The van der Waals surface area contributed by atoms with Crippen LogP contribution in [0.4, 0.5) is 5.69 Å². The van der Waals surface area contributed by atoms with Gasteiger partial charge in [0.2, 0.25) is 0 Å². The van der Waals surface area contributed by atoms with Crippen molar-refractivity contribution >= 4 is 39.8 Å². The van der Waals surface area contributed by atoms with Crippen LogP contribution in [0.2, 0.25) is 0 Å². The molecule has 0 bridgehead atoms. The van der Waals surface area contributed by atoms with E-state index in [1.165, 1.54) is 0 Å². The molecule has 0 atom stereocenters. The molecule has 0 aliphatic heterocycles. The van der Waals surface area contributed by atoms with E-state index in [0.29, 0.717) is 11.3 Å². The van der Waals surface area contributed by atoms with Crippen LogP contribution in [0.25, 0.3) is 10.9 Å². The first-order valence-corrected chi connectivity index (χ1v) is 7.14. The number of anilines is 1. The van der Waals surface area contributed by atoms with E-state index in [2.05, 4.69) is 10.3 Å². The molecule has 2 heterocycles. The van der Waals surface area contributed by atoms with Gasteiger partial charge in [0.15, 0.2) is 0 Å². The van der Waals surface area contributed by atoms with E-state index in [4.69, 9.17) is 5.11 Å². The number of carbonyl (C=O) groups excluding carboxylic acids is 1. The Morgan fingerprint density at radius 3 is 2.86 bits per heavy atom. The zero-order valence-corrected chi connectivity index (χ0v) is 12.0. The summed E-state index contributed by atoms with van der Waals surface area (Å²) < 4.78 is 0. The summed E-state index contributed by atoms with van der Waals surface area (Å²) in [5.41, 5.74) is 2.32. The number of carboxylic acids is 1. The molecule has 0 aliphatic carbocycles. The number of para-hydroxylation sites is 1. The van der Waals surface area contributed by atoms with E-state index >= 15 is 0 Å². The fraction of sp³-hybridized carbons (Fsp3) is 0.0667. The number of thiophene rings is 1. The smallest absolute Gasteiger partial charge is 0.348 e. The summed E-state index contributed by atoms with van der Waals surface area (Å²) in [7, 11) is 0. The predicted molar refractivity (Wildman–Crippen MR) is 82.3 cm³/mol. The lowest BCUT2D eigenvalue weighted by atomic mass is 10.1. The molecule has 5 nitrogen and oxygen atoms in total. The van der Waals surface area contributed by atoms with Crippen LogP contribution in [0.5, 0.6) is 0 Å². The Morgan fingerprint density at radius 2 is 2.10 bits per heavy atom. The van der Waals surface area contributed by atoms with Gasteiger partial charge in [0, 0.05) is 11.6 Å². The number of H-pyrrole nitrogens is 1. The zero-order valence-electron chi connectivity index (χ0n) is 11.1. The van der Waals surface area contributed by atoms with Gasteiger partial charge in [-0.3, -0.25) is 4.79 Å². The minimum Gasteiger partial charge on any atom is -0.477 e. The number of aromatic carboxylic acids is 1. The number of amides is 1. The van der Waals surface area contributed by atoms with E-state index < -0.39 is 5.97 Å². The largest absolute Gasteiger partial charge is 0.477 e. The third-order valence-electron chi connectivity index (χ3n) is 3.24. The summed E-state index contributed by atoms with van der Waals surface area (Å²) in [6.45, 7) is 1.77. The molecule has 6 heteroatoms. The van der Waals surface area contributed by atoms with Gasteiger partial charge < -0.3 is 15.4 Å². The summed E-state index contributed by atoms with van der Waals surface area (Å²) in [6.07, 6.45) is 1.76. The SMILES string of the molecule is Cc1csc(C(=O)O)c1NC(=O)c1cccc2cc[nH]c12. The predicted octanol–water partition coefficient (Wildman–Crippen LogP) is 3.49.